The molecule has 0 bridgehead atoms. The van der Waals surface area contributed by atoms with E-state index >= 15 is 0 Å². The second kappa shape index (κ2) is 8.20. The van der Waals surface area contributed by atoms with Gasteiger partial charge in [-0.1, -0.05) is 49.3 Å². The first kappa shape index (κ1) is 16.8. The van der Waals surface area contributed by atoms with Crippen molar-refractivity contribution in [1.82, 2.24) is 0 Å². The van der Waals surface area contributed by atoms with Gasteiger partial charge in [-0.05, 0) is 85.7 Å². The molecule has 0 aromatic carbocycles. The van der Waals surface area contributed by atoms with Crippen LogP contribution >= 0.6 is 0 Å². The second-order valence-electron chi connectivity index (χ2n) is 6.86. The van der Waals surface area contributed by atoms with Crippen molar-refractivity contribution in [3.05, 3.63) is 69.9 Å². The Hall–Kier alpha value is -2.00. The van der Waals surface area contributed by atoms with Gasteiger partial charge in [0.15, 0.2) is 0 Å². The van der Waals surface area contributed by atoms with Crippen molar-refractivity contribution in [2.45, 2.75) is 64.7 Å². The summed E-state index contributed by atoms with van der Waals surface area (Å²) in [6.45, 7) is 2.17. The van der Waals surface area contributed by atoms with Crippen molar-refractivity contribution < 1.29 is 0 Å². The van der Waals surface area contributed by atoms with E-state index in [0.717, 1.165) is 25.7 Å². The van der Waals surface area contributed by atoms with Crippen molar-refractivity contribution in [2.75, 3.05) is 0 Å². The number of hydrogen-bond donors (Lipinski definition) is 0. The standard InChI is InChI=1S/C24H28/c1-3-5-6-7-13-20-14-10-16-22(20)24-18-11-17-23(24)21-15-9-8-12-19(21)4-2/h2,5-7,11,13,18H,3,8-10,12,14-17H2,1H3. The van der Waals surface area contributed by atoms with E-state index in [9.17, 15) is 0 Å². The van der Waals surface area contributed by atoms with Crippen LogP contribution in [0.5, 0.6) is 0 Å². The van der Waals surface area contributed by atoms with E-state index in [1.54, 1.807) is 5.57 Å². The summed E-state index contributed by atoms with van der Waals surface area (Å²) in [5.74, 6) is 2.98. The molecule has 0 saturated carbocycles. The highest BCUT2D eigenvalue weighted by molar-refractivity contribution is 5.60. The third-order valence-corrected chi connectivity index (χ3v) is 5.30. The van der Waals surface area contributed by atoms with Crippen LogP contribution < -0.4 is 0 Å². The molecule has 0 radical (unpaired) electrons. The van der Waals surface area contributed by atoms with Gasteiger partial charge in [0.2, 0.25) is 0 Å². The van der Waals surface area contributed by atoms with Gasteiger partial charge >= 0.3 is 0 Å². The first-order valence-corrected chi connectivity index (χ1v) is 9.49. The average Bonchev–Trinajstić information content (AvgIpc) is 3.27. The Labute approximate surface area is 147 Å². The van der Waals surface area contributed by atoms with Gasteiger partial charge in [0.25, 0.3) is 0 Å². The maximum Gasteiger partial charge on any atom is 0.00526 e. The number of allylic oxidation sites excluding steroid dienone is 12. The largest absolute Gasteiger partial charge is 0.115 e. The first-order valence-electron chi connectivity index (χ1n) is 9.49. The molecule has 0 fully saturated rings. The van der Waals surface area contributed by atoms with Crippen LogP contribution in [-0.4, -0.2) is 0 Å². The zero-order valence-electron chi connectivity index (χ0n) is 14.9. The van der Waals surface area contributed by atoms with Crippen molar-refractivity contribution in [1.29, 1.82) is 0 Å². The summed E-state index contributed by atoms with van der Waals surface area (Å²) >= 11 is 0. The smallest absolute Gasteiger partial charge is 0.00526 e. The molecular formula is C24H28. The lowest BCUT2D eigenvalue weighted by Gasteiger charge is -2.20. The van der Waals surface area contributed by atoms with E-state index in [-0.39, 0.29) is 0 Å². The third-order valence-electron chi connectivity index (χ3n) is 5.30. The molecule has 0 N–H and O–H groups in total. The fourth-order valence-electron chi connectivity index (χ4n) is 4.12. The Bertz CT molecular complexity index is 708. The van der Waals surface area contributed by atoms with Gasteiger partial charge in [-0.3, -0.25) is 0 Å². The van der Waals surface area contributed by atoms with Crippen LogP contribution in [0, 0.1) is 12.3 Å². The van der Waals surface area contributed by atoms with Crippen LogP contribution in [0.15, 0.2) is 69.9 Å². The minimum atomic E-state index is 1.06. The minimum absolute atomic E-state index is 1.06. The summed E-state index contributed by atoms with van der Waals surface area (Å²) in [6, 6.07) is 0. The van der Waals surface area contributed by atoms with Crippen LogP contribution in [0.2, 0.25) is 0 Å². The van der Waals surface area contributed by atoms with Crippen molar-refractivity contribution in [3.8, 4) is 12.3 Å². The molecule has 24 heavy (non-hydrogen) atoms. The summed E-state index contributed by atoms with van der Waals surface area (Å²) in [7, 11) is 0. The highest BCUT2D eigenvalue weighted by atomic mass is 14.3. The Kier molecular flexibility index (Phi) is 5.76. The van der Waals surface area contributed by atoms with Crippen LogP contribution in [0.25, 0.3) is 0 Å². The topological polar surface area (TPSA) is 0 Å². The number of terminal acetylenes is 1. The van der Waals surface area contributed by atoms with Gasteiger partial charge in [-0.25, -0.2) is 0 Å². The average molecular weight is 316 g/mol. The van der Waals surface area contributed by atoms with E-state index in [0.29, 0.717) is 0 Å². The van der Waals surface area contributed by atoms with Gasteiger partial charge in [-0.2, -0.15) is 0 Å². The highest BCUT2D eigenvalue weighted by Gasteiger charge is 2.24. The van der Waals surface area contributed by atoms with Gasteiger partial charge < -0.3 is 0 Å². The number of rotatable bonds is 5. The molecule has 0 heterocycles. The lowest BCUT2D eigenvalue weighted by atomic mass is 9.84. The first-order chi connectivity index (χ1) is 11.8. The normalized spacial score (nSPS) is 21.8. The van der Waals surface area contributed by atoms with Crippen LogP contribution in [-0.2, 0) is 0 Å². The summed E-state index contributed by atoms with van der Waals surface area (Å²) < 4.78 is 0. The fraction of sp³-hybridized carbons (Fsp3) is 0.417. The van der Waals surface area contributed by atoms with E-state index in [1.807, 2.05) is 0 Å². The lowest BCUT2D eigenvalue weighted by molar-refractivity contribution is 0.688. The predicted octanol–water partition coefficient (Wildman–Crippen LogP) is 6.75. The van der Waals surface area contributed by atoms with Crippen molar-refractivity contribution in [3.63, 3.8) is 0 Å². The van der Waals surface area contributed by atoms with Gasteiger partial charge in [0, 0.05) is 5.57 Å². The SMILES string of the molecule is C#CC1=C(C2=C(C3=C(C=CC=CCC)CCC3)C=CC2)CCCC1. The molecule has 3 rings (SSSR count). The van der Waals surface area contributed by atoms with E-state index in [4.69, 9.17) is 6.42 Å². The molecule has 0 nitrogen and oxygen atoms in total. The Morgan fingerprint density at radius 3 is 2.67 bits per heavy atom. The molecule has 0 spiro atoms. The Morgan fingerprint density at radius 1 is 1.00 bits per heavy atom. The summed E-state index contributed by atoms with van der Waals surface area (Å²) in [6.07, 6.45) is 30.0. The molecule has 124 valence electrons. The summed E-state index contributed by atoms with van der Waals surface area (Å²) in [5.41, 5.74) is 8.84. The van der Waals surface area contributed by atoms with E-state index in [1.165, 1.54) is 60.0 Å². The van der Waals surface area contributed by atoms with Crippen molar-refractivity contribution >= 4 is 0 Å². The molecule has 0 aromatic heterocycles. The summed E-state index contributed by atoms with van der Waals surface area (Å²) in [5, 5.41) is 0. The maximum atomic E-state index is 5.80. The molecule has 0 unspecified atom stereocenters. The molecular weight excluding hydrogens is 288 g/mol. The molecule has 3 aliphatic rings. The van der Waals surface area contributed by atoms with Gasteiger partial charge in [0.05, 0.1) is 0 Å². The molecule has 3 aliphatic carbocycles. The van der Waals surface area contributed by atoms with Gasteiger partial charge in [0.1, 0.15) is 0 Å². The lowest BCUT2D eigenvalue weighted by Crippen LogP contribution is -2.03. The molecule has 0 amide bonds. The van der Waals surface area contributed by atoms with E-state index in [2.05, 4.69) is 49.3 Å². The zero-order chi connectivity index (χ0) is 16.8. The van der Waals surface area contributed by atoms with Gasteiger partial charge in [-0.15, -0.1) is 6.42 Å². The number of hydrogen-bond acceptors (Lipinski definition) is 0. The molecule has 0 aliphatic heterocycles. The molecule has 0 heteroatoms. The Balaban J connectivity index is 1.97. The van der Waals surface area contributed by atoms with Crippen molar-refractivity contribution in [2.24, 2.45) is 0 Å². The third kappa shape index (κ3) is 3.57. The Morgan fingerprint density at radius 2 is 1.83 bits per heavy atom. The van der Waals surface area contributed by atoms with Crippen LogP contribution in [0.4, 0.5) is 0 Å². The molecule has 0 saturated heterocycles. The monoisotopic (exact) mass is 316 g/mol. The minimum Gasteiger partial charge on any atom is -0.115 e. The molecule has 0 atom stereocenters. The predicted molar refractivity (Wildman–Crippen MR) is 105 cm³/mol. The maximum absolute atomic E-state index is 5.80. The fourth-order valence-corrected chi connectivity index (χ4v) is 4.12. The second-order valence-corrected chi connectivity index (χ2v) is 6.86. The zero-order valence-corrected chi connectivity index (χ0v) is 14.9. The van der Waals surface area contributed by atoms with E-state index < -0.39 is 0 Å². The quantitative estimate of drug-likeness (QED) is 0.389. The molecule has 0 aromatic rings. The van der Waals surface area contributed by atoms with Crippen LogP contribution in [0.1, 0.15) is 64.7 Å². The highest BCUT2D eigenvalue weighted by Crippen LogP contribution is 2.42. The summed E-state index contributed by atoms with van der Waals surface area (Å²) in [4.78, 5) is 0. The van der Waals surface area contributed by atoms with Crippen LogP contribution in [0.3, 0.4) is 0 Å².